The second-order valence-electron chi connectivity index (χ2n) is 5.42. The van der Waals surface area contributed by atoms with Gasteiger partial charge >= 0.3 is 0 Å². The van der Waals surface area contributed by atoms with Gasteiger partial charge in [-0.2, -0.15) is 0 Å². The molecule has 0 spiro atoms. The topological polar surface area (TPSA) is 6.48 Å². The highest BCUT2D eigenvalue weighted by Crippen LogP contribution is 2.22. The van der Waals surface area contributed by atoms with E-state index in [-0.39, 0.29) is 0 Å². The van der Waals surface area contributed by atoms with Crippen LogP contribution in [0.15, 0.2) is 12.4 Å². The zero-order valence-electron chi connectivity index (χ0n) is 10.7. The van der Waals surface area contributed by atoms with Gasteiger partial charge in [-0.3, -0.25) is 0 Å². The van der Waals surface area contributed by atoms with E-state index >= 15 is 0 Å². The molecule has 1 aliphatic carbocycles. The smallest absolute Gasteiger partial charge is 0.0893 e. The summed E-state index contributed by atoms with van der Waals surface area (Å²) in [6, 6.07) is 0.805. The van der Waals surface area contributed by atoms with Crippen molar-refractivity contribution in [3.8, 4) is 0 Å². The van der Waals surface area contributed by atoms with E-state index < -0.39 is 0 Å². The van der Waals surface area contributed by atoms with Gasteiger partial charge in [0, 0.05) is 25.5 Å². The number of nitrogens with zero attached hydrogens (tertiary/aromatic N) is 2. The van der Waals surface area contributed by atoms with E-state index in [0.717, 1.165) is 12.7 Å². The van der Waals surface area contributed by atoms with Crippen LogP contribution in [-0.2, 0) is 0 Å². The van der Waals surface area contributed by atoms with Crippen LogP contribution in [0.1, 0.15) is 57.8 Å². The van der Waals surface area contributed by atoms with Crippen molar-refractivity contribution >= 4 is 0 Å². The van der Waals surface area contributed by atoms with Crippen molar-refractivity contribution < 1.29 is 0 Å². The minimum Gasteiger partial charge on any atom is -0.362 e. The zero-order valence-corrected chi connectivity index (χ0v) is 10.7. The van der Waals surface area contributed by atoms with Crippen LogP contribution in [0.4, 0.5) is 0 Å². The van der Waals surface area contributed by atoms with Crippen molar-refractivity contribution in [2.24, 2.45) is 0 Å². The molecule has 1 heterocycles. The molecule has 2 aliphatic rings. The molecule has 0 radical (unpaired) electrons. The van der Waals surface area contributed by atoms with Crippen molar-refractivity contribution in [1.82, 2.24) is 9.80 Å². The van der Waals surface area contributed by atoms with Crippen LogP contribution in [0.25, 0.3) is 0 Å². The molecular formula is C14H26N2. The molecule has 0 atom stereocenters. The Labute approximate surface area is 100 Å². The fourth-order valence-corrected chi connectivity index (χ4v) is 2.91. The summed E-state index contributed by atoms with van der Waals surface area (Å²) in [7, 11) is 2.16. The molecule has 2 heteroatoms. The van der Waals surface area contributed by atoms with E-state index in [1.807, 2.05) is 0 Å². The molecule has 0 saturated heterocycles. The first kappa shape index (κ1) is 11.8. The van der Waals surface area contributed by atoms with Crippen molar-refractivity contribution in [2.75, 3.05) is 13.7 Å². The van der Waals surface area contributed by atoms with Gasteiger partial charge in [-0.05, 0) is 12.8 Å². The summed E-state index contributed by atoms with van der Waals surface area (Å²) in [5.41, 5.74) is 0. The van der Waals surface area contributed by atoms with Gasteiger partial charge in [-0.15, -0.1) is 0 Å². The molecule has 1 saturated carbocycles. The molecule has 0 aromatic carbocycles. The molecule has 1 aliphatic heterocycles. The molecule has 16 heavy (non-hydrogen) atoms. The Kier molecular flexibility index (Phi) is 4.55. The molecule has 0 N–H and O–H groups in total. The van der Waals surface area contributed by atoms with E-state index in [1.165, 1.54) is 57.8 Å². The number of hydrogen-bond acceptors (Lipinski definition) is 2. The highest BCUT2D eigenvalue weighted by atomic mass is 15.3. The average molecular weight is 222 g/mol. The summed E-state index contributed by atoms with van der Waals surface area (Å²) < 4.78 is 0. The summed E-state index contributed by atoms with van der Waals surface area (Å²) >= 11 is 0. The monoisotopic (exact) mass is 222 g/mol. The van der Waals surface area contributed by atoms with E-state index in [4.69, 9.17) is 0 Å². The van der Waals surface area contributed by atoms with Crippen LogP contribution < -0.4 is 0 Å². The summed E-state index contributed by atoms with van der Waals surface area (Å²) in [5, 5.41) is 0. The van der Waals surface area contributed by atoms with Crippen LogP contribution in [0.2, 0.25) is 0 Å². The van der Waals surface area contributed by atoms with Crippen LogP contribution in [0.3, 0.4) is 0 Å². The molecule has 0 aromatic rings. The predicted molar refractivity (Wildman–Crippen MR) is 69.0 cm³/mol. The Morgan fingerprint density at radius 1 is 0.812 bits per heavy atom. The third-order valence-electron chi connectivity index (χ3n) is 3.94. The van der Waals surface area contributed by atoms with Crippen LogP contribution in [-0.4, -0.2) is 29.6 Å². The quantitative estimate of drug-likeness (QED) is 0.669. The van der Waals surface area contributed by atoms with Gasteiger partial charge in [0.05, 0.1) is 6.67 Å². The lowest BCUT2D eigenvalue weighted by Gasteiger charge is -2.29. The van der Waals surface area contributed by atoms with Crippen LogP contribution in [0, 0.1) is 0 Å². The normalized spacial score (nSPS) is 25.1. The Hall–Kier alpha value is -0.660. The minimum absolute atomic E-state index is 0.805. The molecule has 0 unspecified atom stereocenters. The van der Waals surface area contributed by atoms with Gasteiger partial charge in [0.25, 0.3) is 0 Å². The molecule has 1 fully saturated rings. The van der Waals surface area contributed by atoms with Gasteiger partial charge in [0.2, 0.25) is 0 Å². The maximum absolute atomic E-state index is 2.54. The largest absolute Gasteiger partial charge is 0.362 e. The average Bonchev–Trinajstić information content (AvgIpc) is 2.72. The number of rotatable bonds is 1. The fourth-order valence-electron chi connectivity index (χ4n) is 2.91. The summed E-state index contributed by atoms with van der Waals surface area (Å²) in [4.78, 5) is 4.82. The van der Waals surface area contributed by atoms with Gasteiger partial charge in [0.15, 0.2) is 0 Å². The first-order valence-electron chi connectivity index (χ1n) is 7.00. The second kappa shape index (κ2) is 6.17. The van der Waals surface area contributed by atoms with Gasteiger partial charge in [-0.25, -0.2) is 0 Å². The van der Waals surface area contributed by atoms with E-state index in [1.54, 1.807) is 0 Å². The third-order valence-corrected chi connectivity index (χ3v) is 3.94. The Morgan fingerprint density at radius 2 is 1.38 bits per heavy atom. The van der Waals surface area contributed by atoms with Crippen molar-refractivity contribution in [3.63, 3.8) is 0 Å². The van der Waals surface area contributed by atoms with E-state index in [2.05, 4.69) is 29.2 Å². The van der Waals surface area contributed by atoms with Crippen molar-refractivity contribution in [2.45, 2.75) is 63.8 Å². The molecular weight excluding hydrogens is 196 g/mol. The van der Waals surface area contributed by atoms with Crippen molar-refractivity contribution in [3.05, 3.63) is 12.4 Å². The highest BCUT2D eigenvalue weighted by molar-refractivity contribution is 4.92. The molecule has 2 nitrogen and oxygen atoms in total. The van der Waals surface area contributed by atoms with Crippen LogP contribution in [0.5, 0.6) is 0 Å². The summed E-state index contributed by atoms with van der Waals surface area (Å²) in [6.45, 7) is 1.10. The standard InChI is InChI=1S/C14H26N2/c1-15-11-12-16(13-15)14-9-7-5-3-2-4-6-8-10-14/h11-12,14H,2-10,13H2,1H3. The first-order valence-corrected chi connectivity index (χ1v) is 7.00. The SMILES string of the molecule is CN1C=CN(C2CCCCCCCCC2)C1. The highest BCUT2D eigenvalue weighted by Gasteiger charge is 2.19. The Bertz CT molecular complexity index is 215. The van der Waals surface area contributed by atoms with E-state index in [9.17, 15) is 0 Å². The third kappa shape index (κ3) is 3.43. The fraction of sp³-hybridized carbons (Fsp3) is 0.857. The van der Waals surface area contributed by atoms with E-state index in [0.29, 0.717) is 0 Å². The first-order chi connectivity index (χ1) is 7.86. The molecule has 92 valence electrons. The minimum atomic E-state index is 0.805. The summed E-state index contributed by atoms with van der Waals surface area (Å²) in [6.07, 6.45) is 17.4. The lowest BCUT2D eigenvalue weighted by Crippen LogP contribution is -2.33. The number of hydrogen-bond donors (Lipinski definition) is 0. The van der Waals surface area contributed by atoms with Gasteiger partial charge in [0.1, 0.15) is 0 Å². The zero-order chi connectivity index (χ0) is 11.2. The Balaban J connectivity index is 1.82. The van der Waals surface area contributed by atoms with Gasteiger partial charge in [-0.1, -0.05) is 44.9 Å². The lowest BCUT2D eigenvalue weighted by atomic mass is 9.97. The lowest BCUT2D eigenvalue weighted by molar-refractivity contribution is 0.201. The molecule has 2 rings (SSSR count). The second-order valence-corrected chi connectivity index (χ2v) is 5.42. The maximum atomic E-state index is 2.54. The summed E-state index contributed by atoms with van der Waals surface area (Å²) in [5.74, 6) is 0. The molecule has 0 bridgehead atoms. The van der Waals surface area contributed by atoms with Gasteiger partial charge < -0.3 is 9.80 Å². The Morgan fingerprint density at radius 3 is 1.88 bits per heavy atom. The predicted octanol–water partition coefficient (Wildman–Crippen LogP) is 3.56. The molecule has 0 amide bonds. The van der Waals surface area contributed by atoms with Crippen molar-refractivity contribution in [1.29, 1.82) is 0 Å². The molecule has 0 aromatic heterocycles. The maximum Gasteiger partial charge on any atom is 0.0893 e. The van der Waals surface area contributed by atoms with Crippen LogP contribution >= 0.6 is 0 Å².